The molecule has 4 rings (SSSR count). The van der Waals surface area contributed by atoms with E-state index in [1.54, 1.807) is 11.8 Å². The Morgan fingerprint density at radius 3 is 2.78 bits per heavy atom. The Bertz CT molecular complexity index is 965. The number of aromatic nitrogens is 2. The number of hydrogen-bond acceptors (Lipinski definition) is 6. The van der Waals surface area contributed by atoms with Gasteiger partial charge < -0.3 is 13.9 Å². The van der Waals surface area contributed by atoms with Gasteiger partial charge in [0.2, 0.25) is 5.89 Å². The van der Waals surface area contributed by atoms with Crippen molar-refractivity contribution in [3.8, 4) is 11.5 Å². The molecule has 0 radical (unpaired) electrons. The highest BCUT2D eigenvalue weighted by Crippen LogP contribution is 2.22. The van der Waals surface area contributed by atoms with E-state index in [1.807, 2.05) is 42.5 Å². The van der Waals surface area contributed by atoms with Gasteiger partial charge in [-0.1, -0.05) is 30.3 Å². The number of fused-ring (bicyclic) bond motifs is 1. The summed E-state index contributed by atoms with van der Waals surface area (Å²) < 4.78 is 18.4. The molecule has 1 aromatic heterocycles. The van der Waals surface area contributed by atoms with Crippen molar-refractivity contribution in [2.75, 3.05) is 20.3 Å². The van der Waals surface area contributed by atoms with E-state index in [4.69, 9.17) is 26.1 Å². The molecule has 3 aromatic rings. The lowest BCUT2D eigenvalue weighted by atomic mass is 10.1. The van der Waals surface area contributed by atoms with Crippen LogP contribution in [0.3, 0.4) is 0 Å². The lowest BCUT2D eigenvalue weighted by Crippen LogP contribution is -2.28. The Morgan fingerprint density at radius 2 is 1.96 bits per heavy atom. The molecule has 7 heteroatoms. The van der Waals surface area contributed by atoms with Crippen LogP contribution in [-0.4, -0.2) is 34.9 Å². The van der Waals surface area contributed by atoms with Crippen LogP contribution >= 0.6 is 12.2 Å². The molecule has 0 saturated carbocycles. The predicted octanol–water partition coefficient (Wildman–Crippen LogP) is 3.66. The van der Waals surface area contributed by atoms with Crippen molar-refractivity contribution in [3.63, 3.8) is 0 Å². The van der Waals surface area contributed by atoms with E-state index >= 15 is 0 Å². The van der Waals surface area contributed by atoms with Crippen LogP contribution in [0, 0.1) is 4.84 Å². The van der Waals surface area contributed by atoms with Gasteiger partial charge in [0.05, 0.1) is 20.2 Å². The summed E-state index contributed by atoms with van der Waals surface area (Å²) in [5.74, 6) is 2.38. The molecule has 140 valence electrons. The van der Waals surface area contributed by atoms with Crippen molar-refractivity contribution in [2.24, 2.45) is 0 Å². The van der Waals surface area contributed by atoms with Crippen LogP contribution in [0.2, 0.25) is 0 Å². The molecule has 0 aliphatic carbocycles. The number of para-hydroxylation sites is 1. The maximum absolute atomic E-state index is 5.82. The second-order valence-electron chi connectivity index (χ2n) is 6.44. The molecule has 1 aliphatic heterocycles. The summed E-state index contributed by atoms with van der Waals surface area (Å²) in [7, 11) is 1.65. The van der Waals surface area contributed by atoms with E-state index in [0.29, 0.717) is 30.4 Å². The van der Waals surface area contributed by atoms with Gasteiger partial charge in [0.1, 0.15) is 18.1 Å². The third kappa shape index (κ3) is 4.20. The van der Waals surface area contributed by atoms with Crippen molar-refractivity contribution in [1.29, 1.82) is 0 Å². The van der Waals surface area contributed by atoms with Gasteiger partial charge in [0.25, 0.3) is 4.84 Å². The number of benzene rings is 2. The number of hydrogen-bond donors (Lipinski definition) is 0. The quantitative estimate of drug-likeness (QED) is 0.627. The van der Waals surface area contributed by atoms with Crippen LogP contribution in [0.25, 0.3) is 0 Å². The Balaban J connectivity index is 1.46. The van der Waals surface area contributed by atoms with Gasteiger partial charge in [-0.25, -0.2) is 4.68 Å². The Labute approximate surface area is 162 Å². The summed E-state index contributed by atoms with van der Waals surface area (Å²) in [6, 6.07) is 16.0. The number of nitrogens with zero attached hydrogens (tertiary/aromatic N) is 3. The number of methoxy groups -OCH3 is 1. The molecule has 0 unspecified atom stereocenters. The Kier molecular flexibility index (Phi) is 5.22. The van der Waals surface area contributed by atoms with E-state index in [0.717, 1.165) is 30.2 Å². The summed E-state index contributed by atoms with van der Waals surface area (Å²) in [6.07, 6.45) is 0.590. The fourth-order valence-corrected chi connectivity index (χ4v) is 3.31. The molecule has 0 fully saturated rings. The van der Waals surface area contributed by atoms with Crippen molar-refractivity contribution >= 4 is 12.2 Å². The van der Waals surface area contributed by atoms with Gasteiger partial charge in [-0.15, -0.1) is 5.10 Å². The SMILES string of the molecule is COc1ccc(Cc2nn(CN3CCOc4ccccc4C3)c(=S)o2)cc1. The normalized spacial score (nSPS) is 14.3. The average Bonchev–Trinajstić information content (AvgIpc) is 2.89. The smallest absolute Gasteiger partial charge is 0.288 e. The van der Waals surface area contributed by atoms with Crippen LogP contribution in [0.1, 0.15) is 17.0 Å². The molecule has 0 N–H and O–H groups in total. The zero-order valence-electron chi connectivity index (χ0n) is 15.1. The minimum Gasteiger partial charge on any atom is -0.497 e. The molecule has 2 heterocycles. The van der Waals surface area contributed by atoms with Crippen LogP contribution in [0.4, 0.5) is 0 Å². The second kappa shape index (κ2) is 7.94. The van der Waals surface area contributed by atoms with Gasteiger partial charge in [-0.05, 0) is 36.0 Å². The zero-order valence-corrected chi connectivity index (χ0v) is 15.9. The molecule has 0 atom stereocenters. The van der Waals surface area contributed by atoms with Crippen LogP contribution in [0.15, 0.2) is 52.9 Å². The molecule has 2 aromatic carbocycles. The van der Waals surface area contributed by atoms with Gasteiger partial charge in [0.15, 0.2) is 0 Å². The van der Waals surface area contributed by atoms with E-state index in [-0.39, 0.29) is 0 Å². The first kappa shape index (κ1) is 17.8. The number of ether oxygens (including phenoxy) is 2. The molecule has 27 heavy (non-hydrogen) atoms. The van der Waals surface area contributed by atoms with Crippen molar-refractivity contribution in [1.82, 2.24) is 14.7 Å². The third-order valence-corrected chi connectivity index (χ3v) is 4.82. The Morgan fingerprint density at radius 1 is 1.15 bits per heavy atom. The molecular formula is C20H21N3O3S. The summed E-state index contributed by atoms with van der Waals surface area (Å²) in [5, 5.41) is 4.56. The first-order chi connectivity index (χ1) is 13.2. The summed E-state index contributed by atoms with van der Waals surface area (Å²) in [6.45, 7) is 2.80. The van der Waals surface area contributed by atoms with Crippen LogP contribution < -0.4 is 9.47 Å². The predicted molar refractivity (Wildman–Crippen MR) is 103 cm³/mol. The van der Waals surface area contributed by atoms with E-state index < -0.39 is 0 Å². The van der Waals surface area contributed by atoms with Crippen molar-refractivity contribution in [3.05, 3.63) is 70.4 Å². The lowest BCUT2D eigenvalue weighted by Gasteiger charge is -2.18. The van der Waals surface area contributed by atoms with Gasteiger partial charge in [0, 0.05) is 18.7 Å². The molecule has 0 spiro atoms. The minimum absolute atomic E-state index is 0.386. The molecule has 0 bridgehead atoms. The second-order valence-corrected chi connectivity index (χ2v) is 6.79. The monoisotopic (exact) mass is 383 g/mol. The molecule has 1 aliphatic rings. The standard InChI is InChI=1S/C20H21N3O3S/c1-24-17-8-6-15(7-9-17)12-19-21-23(20(27)26-19)14-22-10-11-25-18-5-3-2-4-16(18)13-22/h2-9H,10-14H2,1H3. The zero-order chi connectivity index (χ0) is 18.6. The third-order valence-electron chi connectivity index (χ3n) is 4.53. The van der Waals surface area contributed by atoms with Gasteiger partial charge >= 0.3 is 0 Å². The van der Waals surface area contributed by atoms with Crippen LogP contribution in [0.5, 0.6) is 11.5 Å². The molecule has 6 nitrogen and oxygen atoms in total. The summed E-state index contributed by atoms with van der Waals surface area (Å²) in [4.78, 5) is 2.64. The van der Waals surface area contributed by atoms with E-state index in [9.17, 15) is 0 Å². The first-order valence-corrected chi connectivity index (χ1v) is 9.25. The maximum Gasteiger partial charge on any atom is 0.288 e. The first-order valence-electron chi connectivity index (χ1n) is 8.84. The summed E-state index contributed by atoms with van der Waals surface area (Å²) in [5.41, 5.74) is 2.26. The van der Waals surface area contributed by atoms with E-state index in [2.05, 4.69) is 16.1 Å². The molecule has 0 saturated heterocycles. The highest BCUT2D eigenvalue weighted by Gasteiger charge is 2.17. The molecular weight excluding hydrogens is 362 g/mol. The maximum atomic E-state index is 5.82. The fraction of sp³-hybridized carbons (Fsp3) is 0.300. The lowest BCUT2D eigenvalue weighted by molar-refractivity contribution is 0.175. The largest absolute Gasteiger partial charge is 0.497 e. The van der Waals surface area contributed by atoms with Crippen molar-refractivity contribution in [2.45, 2.75) is 19.6 Å². The minimum atomic E-state index is 0.386. The molecule has 0 amide bonds. The Hall–Kier alpha value is -2.64. The highest BCUT2D eigenvalue weighted by atomic mass is 32.1. The highest BCUT2D eigenvalue weighted by molar-refractivity contribution is 7.71. The van der Waals surface area contributed by atoms with Crippen LogP contribution in [-0.2, 0) is 19.6 Å². The number of rotatable bonds is 5. The fourth-order valence-electron chi connectivity index (χ4n) is 3.12. The summed E-state index contributed by atoms with van der Waals surface area (Å²) >= 11 is 5.36. The topological polar surface area (TPSA) is 52.7 Å². The van der Waals surface area contributed by atoms with Crippen molar-refractivity contribution < 1.29 is 13.9 Å². The average molecular weight is 383 g/mol. The van der Waals surface area contributed by atoms with E-state index in [1.165, 1.54) is 5.56 Å². The van der Waals surface area contributed by atoms with Gasteiger partial charge in [-0.2, -0.15) is 0 Å². The van der Waals surface area contributed by atoms with Gasteiger partial charge in [-0.3, -0.25) is 4.90 Å².